The van der Waals surface area contributed by atoms with Gasteiger partial charge in [-0.3, -0.25) is 4.99 Å². The van der Waals surface area contributed by atoms with Crippen LogP contribution in [0.2, 0.25) is 0 Å². The summed E-state index contributed by atoms with van der Waals surface area (Å²) >= 11 is 0. The zero-order chi connectivity index (χ0) is 20.5. The molecule has 3 unspecified atom stereocenters. The minimum Gasteiger partial charge on any atom is -0.493 e. The van der Waals surface area contributed by atoms with Gasteiger partial charge in [0.1, 0.15) is 0 Å². The summed E-state index contributed by atoms with van der Waals surface area (Å²) < 4.78 is 35.8. The molecule has 0 radical (unpaired) electrons. The Morgan fingerprint density at radius 1 is 1.17 bits per heavy atom. The Morgan fingerprint density at radius 3 is 2.59 bits per heavy atom. The van der Waals surface area contributed by atoms with Crippen molar-refractivity contribution in [3.8, 4) is 17.6 Å². The number of ether oxygens (including phenoxy) is 2. The fourth-order valence-corrected chi connectivity index (χ4v) is 4.22. The van der Waals surface area contributed by atoms with E-state index in [9.17, 15) is 13.9 Å². The van der Waals surface area contributed by atoms with Crippen LogP contribution in [0.15, 0.2) is 41.4 Å². The summed E-state index contributed by atoms with van der Waals surface area (Å²) in [5, 5.41) is 19.2. The van der Waals surface area contributed by atoms with Gasteiger partial charge in [-0.25, -0.2) is 0 Å². The second kappa shape index (κ2) is 7.80. The summed E-state index contributed by atoms with van der Waals surface area (Å²) in [7, 11) is 1.41. The summed E-state index contributed by atoms with van der Waals surface area (Å²) in [6, 6.07) is 12.3. The Labute approximate surface area is 167 Å². The lowest BCUT2D eigenvalue weighted by molar-refractivity contribution is -0.0512. The van der Waals surface area contributed by atoms with Crippen molar-refractivity contribution in [2.45, 2.75) is 43.9 Å². The van der Waals surface area contributed by atoms with Gasteiger partial charge in [0.2, 0.25) is 0 Å². The first kappa shape index (κ1) is 19.3. The summed E-state index contributed by atoms with van der Waals surface area (Å²) in [4.78, 5) is 4.92. The molecular formula is C22H20F2N2O3. The maximum Gasteiger partial charge on any atom is 0.387 e. The van der Waals surface area contributed by atoms with Crippen molar-refractivity contribution in [2.24, 2.45) is 4.99 Å². The van der Waals surface area contributed by atoms with Crippen LogP contribution in [0, 0.1) is 11.3 Å². The molecule has 1 fully saturated rings. The molecule has 1 saturated carbocycles. The van der Waals surface area contributed by atoms with Gasteiger partial charge < -0.3 is 14.6 Å². The van der Waals surface area contributed by atoms with E-state index in [0.29, 0.717) is 29.7 Å². The van der Waals surface area contributed by atoms with Crippen LogP contribution >= 0.6 is 0 Å². The van der Waals surface area contributed by atoms with Crippen molar-refractivity contribution in [3.63, 3.8) is 0 Å². The van der Waals surface area contributed by atoms with Gasteiger partial charge in [0.05, 0.1) is 36.6 Å². The fourth-order valence-electron chi connectivity index (χ4n) is 4.22. The number of alkyl halides is 2. The molecule has 2 aliphatic rings. The number of aliphatic hydroxyl groups is 1. The number of halogens is 2. The molecule has 2 aromatic carbocycles. The lowest BCUT2D eigenvalue weighted by Crippen LogP contribution is -2.34. The topological polar surface area (TPSA) is 74.8 Å². The first-order chi connectivity index (χ1) is 14.0. The van der Waals surface area contributed by atoms with Gasteiger partial charge in [0.15, 0.2) is 11.5 Å². The van der Waals surface area contributed by atoms with Gasteiger partial charge in [0, 0.05) is 17.0 Å². The Kier molecular flexibility index (Phi) is 5.20. The Balaban J connectivity index is 1.87. The van der Waals surface area contributed by atoms with Crippen LogP contribution in [0.25, 0.3) is 0 Å². The second-order valence-corrected chi connectivity index (χ2v) is 7.28. The molecule has 0 saturated heterocycles. The summed E-state index contributed by atoms with van der Waals surface area (Å²) in [5.41, 5.74) is 3.58. The molecule has 4 rings (SSSR count). The first-order valence-corrected chi connectivity index (χ1v) is 9.43. The molecule has 1 heterocycles. The number of hydrogen-bond donors (Lipinski definition) is 1. The highest BCUT2D eigenvalue weighted by Gasteiger charge is 2.37. The smallest absolute Gasteiger partial charge is 0.387 e. The Hall–Kier alpha value is -2.98. The zero-order valence-corrected chi connectivity index (χ0v) is 15.8. The lowest BCUT2D eigenvalue weighted by atomic mass is 9.74. The summed E-state index contributed by atoms with van der Waals surface area (Å²) in [6.07, 6.45) is 1.55. The third kappa shape index (κ3) is 3.68. The molecule has 5 nitrogen and oxygen atoms in total. The van der Waals surface area contributed by atoms with E-state index in [1.807, 2.05) is 0 Å². The number of fused-ring (bicyclic) bond motifs is 3. The van der Waals surface area contributed by atoms with Crippen molar-refractivity contribution >= 4 is 5.71 Å². The molecule has 3 atom stereocenters. The highest BCUT2D eigenvalue weighted by molar-refractivity contribution is 6.15. The molecule has 0 spiro atoms. The minimum atomic E-state index is -2.98. The number of nitrogens with zero attached hydrogens (tertiary/aromatic N) is 2. The SMILES string of the molecule is COc1cc2c(cc1OC(F)F)C(c1ccc(C#N)cc1)=NC1CCC(O)CC21. The van der Waals surface area contributed by atoms with Gasteiger partial charge in [-0.1, -0.05) is 12.1 Å². The lowest BCUT2D eigenvalue weighted by Gasteiger charge is -2.37. The van der Waals surface area contributed by atoms with Crippen LogP contribution in [-0.2, 0) is 0 Å². The number of aliphatic imine (C=N–C) groups is 1. The van der Waals surface area contributed by atoms with Crippen molar-refractivity contribution in [1.82, 2.24) is 0 Å². The van der Waals surface area contributed by atoms with Crippen LogP contribution in [0.4, 0.5) is 8.78 Å². The standard InChI is InChI=1S/C22H20F2N2O3/c1-28-19-9-15-16-8-14(27)6-7-18(16)26-21(13-4-2-12(11-25)3-5-13)17(15)10-20(19)29-22(23)24/h2-5,9-10,14,16,18,22,27H,6-8H2,1H3. The molecule has 1 aliphatic heterocycles. The van der Waals surface area contributed by atoms with E-state index < -0.39 is 12.7 Å². The molecule has 1 N–H and O–H groups in total. The molecule has 7 heteroatoms. The van der Waals surface area contributed by atoms with E-state index in [4.69, 9.17) is 15.0 Å². The largest absolute Gasteiger partial charge is 0.493 e. The van der Waals surface area contributed by atoms with E-state index in [1.54, 1.807) is 30.3 Å². The molecule has 0 aromatic heterocycles. The van der Waals surface area contributed by atoms with E-state index in [1.165, 1.54) is 13.2 Å². The highest BCUT2D eigenvalue weighted by atomic mass is 19.3. The minimum absolute atomic E-state index is 0.0110. The summed E-state index contributed by atoms with van der Waals surface area (Å²) in [5.74, 6) is 0.145. The predicted molar refractivity (Wildman–Crippen MR) is 103 cm³/mol. The molecule has 150 valence electrons. The maximum absolute atomic E-state index is 12.9. The van der Waals surface area contributed by atoms with Gasteiger partial charge in [0.25, 0.3) is 0 Å². The average Bonchev–Trinajstić information content (AvgIpc) is 2.72. The number of methoxy groups -OCH3 is 1. The molecular weight excluding hydrogens is 378 g/mol. The monoisotopic (exact) mass is 398 g/mol. The van der Waals surface area contributed by atoms with Crippen LogP contribution in [0.3, 0.4) is 0 Å². The second-order valence-electron chi connectivity index (χ2n) is 7.28. The Bertz CT molecular complexity index is 983. The third-order valence-corrected chi connectivity index (χ3v) is 5.57. The normalized spacial score (nSPS) is 22.9. The average molecular weight is 398 g/mol. The van der Waals surface area contributed by atoms with Gasteiger partial charge in [-0.2, -0.15) is 14.0 Å². The summed E-state index contributed by atoms with van der Waals surface area (Å²) in [6.45, 7) is -2.98. The molecule has 2 aromatic rings. The highest BCUT2D eigenvalue weighted by Crippen LogP contribution is 2.45. The zero-order valence-electron chi connectivity index (χ0n) is 15.8. The predicted octanol–water partition coefficient (Wildman–Crippen LogP) is 4.02. The Morgan fingerprint density at radius 2 is 1.93 bits per heavy atom. The number of benzene rings is 2. The first-order valence-electron chi connectivity index (χ1n) is 9.43. The van der Waals surface area contributed by atoms with Crippen molar-refractivity contribution < 1.29 is 23.4 Å². The van der Waals surface area contributed by atoms with Crippen LogP contribution < -0.4 is 9.47 Å². The number of hydrogen-bond acceptors (Lipinski definition) is 5. The number of nitriles is 1. The van der Waals surface area contributed by atoms with Gasteiger partial charge in [-0.15, -0.1) is 0 Å². The van der Waals surface area contributed by atoms with Crippen molar-refractivity contribution in [2.75, 3.05) is 7.11 Å². The third-order valence-electron chi connectivity index (χ3n) is 5.57. The quantitative estimate of drug-likeness (QED) is 0.844. The van der Waals surface area contributed by atoms with Gasteiger partial charge >= 0.3 is 6.61 Å². The molecule has 29 heavy (non-hydrogen) atoms. The van der Waals surface area contributed by atoms with Crippen LogP contribution in [-0.4, -0.2) is 36.7 Å². The van der Waals surface area contributed by atoms with Crippen LogP contribution in [0.5, 0.6) is 11.5 Å². The van der Waals surface area contributed by atoms with E-state index in [0.717, 1.165) is 17.5 Å². The number of aliphatic hydroxyl groups excluding tert-OH is 1. The van der Waals surface area contributed by atoms with E-state index in [-0.39, 0.29) is 23.5 Å². The van der Waals surface area contributed by atoms with E-state index in [2.05, 4.69) is 10.8 Å². The van der Waals surface area contributed by atoms with Crippen LogP contribution in [0.1, 0.15) is 47.4 Å². The molecule has 0 amide bonds. The maximum atomic E-state index is 12.9. The number of rotatable bonds is 4. The van der Waals surface area contributed by atoms with Crippen molar-refractivity contribution in [1.29, 1.82) is 5.26 Å². The fraction of sp³-hybridized carbons (Fsp3) is 0.364. The van der Waals surface area contributed by atoms with Crippen molar-refractivity contribution in [3.05, 3.63) is 58.7 Å². The molecule has 1 aliphatic carbocycles. The molecule has 0 bridgehead atoms. The van der Waals surface area contributed by atoms with Gasteiger partial charge in [-0.05, 0) is 49.1 Å². The van der Waals surface area contributed by atoms with E-state index >= 15 is 0 Å².